The summed E-state index contributed by atoms with van der Waals surface area (Å²) >= 11 is 4.19. The average molecular weight is 327 g/mol. The number of methoxy groups -OCH3 is 1. The molecule has 3 unspecified atom stereocenters. The number of thioether (sulfide) groups is 2. The number of hydrogen-bond acceptors (Lipinski definition) is 5. The number of nitrogens with one attached hydrogen (secondary N) is 1. The van der Waals surface area contributed by atoms with Gasteiger partial charge in [0.05, 0.1) is 7.11 Å². The number of ether oxygens (including phenoxy) is 1. The second-order valence-corrected chi connectivity index (χ2v) is 8.33. The Kier molecular flexibility index (Phi) is 6.26. The second-order valence-electron chi connectivity index (χ2n) is 5.56. The Balaban J connectivity index is 2.18. The minimum absolute atomic E-state index is 0.455. The lowest BCUT2D eigenvalue weighted by Gasteiger charge is -2.34. The van der Waals surface area contributed by atoms with Gasteiger partial charge in [-0.3, -0.25) is 4.98 Å². The van der Waals surface area contributed by atoms with Gasteiger partial charge in [0.2, 0.25) is 0 Å². The summed E-state index contributed by atoms with van der Waals surface area (Å²) < 4.78 is 5.53. The van der Waals surface area contributed by atoms with E-state index in [2.05, 4.69) is 54.7 Å². The van der Waals surface area contributed by atoms with Crippen LogP contribution in [0.2, 0.25) is 0 Å². The van der Waals surface area contributed by atoms with Crippen molar-refractivity contribution in [2.45, 2.75) is 43.7 Å². The van der Waals surface area contributed by atoms with Crippen LogP contribution >= 0.6 is 23.5 Å². The molecule has 5 heteroatoms. The van der Waals surface area contributed by atoms with E-state index in [0.717, 1.165) is 23.4 Å². The summed E-state index contributed by atoms with van der Waals surface area (Å²) in [4.78, 5) is 4.66. The van der Waals surface area contributed by atoms with Crippen molar-refractivity contribution in [3.63, 3.8) is 0 Å². The molecule has 0 spiro atoms. The first-order chi connectivity index (χ1) is 10.1. The molecule has 1 aliphatic rings. The fourth-order valence-corrected chi connectivity index (χ4v) is 5.96. The molecule has 21 heavy (non-hydrogen) atoms. The lowest BCUT2D eigenvalue weighted by Crippen LogP contribution is -2.44. The molecule has 0 radical (unpaired) electrons. The van der Waals surface area contributed by atoms with Crippen molar-refractivity contribution in [1.29, 1.82) is 0 Å². The highest BCUT2D eigenvalue weighted by Crippen LogP contribution is 2.34. The van der Waals surface area contributed by atoms with Crippen molar-refractivity contribution >= 4 is 23.5 Å². The molecule has 0 aliphatic carbocycles. The van der Waals surface area contributed by atoms with Crippen molar-refractivity contribution in [2.24, 2.45) is 0 Å². The first kappa shape index (κ1) is 17.0. The Morgan fingerprint density at radius 3 is 2.71 bits per heavy atom. The molecule has 0 aromatic carbocycles. The van der Waals surface area contributed by atoms with E-state index in [0.29, 0.717) is 16.5 Å². The maximum Gasteiger partial charge on any atom is 0.128 e. The lowest BCUT2D eigenvalue weighted by atomic mass is 10.0. The van der Waals surface area contributed by atoms with Gasteiger partial charge in [0.15, 0.2) is 0 Å². The number of hydrogen-bond donors (Lipinski definition) is 1. The lowest BCUT2D eigenvalue weighted by molar-refractivity contribution is 0.406. The van der Waals surface area contributed by atoms with Gasteiger partial charge in [-0.05, 0) is 20.9 Å². The van der Waals surface area contributed by atoms with Crippen LogP contribution in [0.1, 0.15) is 23.7 Å². The summed E-state index contributed by atoms with van der Waals surface area (Å²) in [6.07, 6.45) is 2.89. The molecule has 2 heterocycles. The summed E-state index contributed by atoms with van der Waals surface area (Å²) in [5, 5.41) is 4.84. The van der Waals surface area contributed by atoms with Gasteiger partial charge in [-0.15, -0.1) is 0 Å². The highest BCUT2D eigenvalue weighted by Gasteiger charge is 2.30. The van der Waals surface area contributed by atoms with Gasteiger partial charge in [-0.2, -0.15) is 23.5 Å². The molecule has 1 N–H and O–H groups in total. The van der Waals surface area contributed by atoms with Crippen LogP contribution in [0.15, 0.2) is 6.20 Å². The van der Waals surface area contributed by atoms with Gasteiger partial charge < -0.3 is 10.1 Å². The molecule has 2 rings (SSSR count). The summed E-state index contributed by atoms with van der Waals surface area (Å²) in [5.74, 6) is 3.50. The molecular formula is C16H26N2OS2. The number of aryl methyl sites for hydroxylation is 1. The number of rotatable bonds is 5. The van der Waals surface area contributed by atoms with Crippen molar-refractivity contribution in [3.05, 3.63) is 23.0 Å². The predicted molar refractivity (Wildman–Crippen MR) is 95.0 cm³/mol. The third-order valence-corrected chi connectivity index (χ3v) is 7.42. The van der Waals surface area contributed by atoms with E-state index < -0.39 is 0 Å². The minimum Gasteiger partial charge on any atom is -0.496 e. The largest absolute Gasteiger partial charge is 0.496 e. The van der Waals surface area contributed by atoms with Crippen LogP contribution < -0.4 is 10.1 Å². The average Bonchev–Trinajstić information content (AvgIpc) is 2.48. The summed E-state index contributed by atoms with van der Waals surface area (Å²) in [6, 6.07) is 0.455. The van der Waals surface area contributed by atoms with Crippen molar-refractivity contribution in [3.8, 4) is 5.75 Å². The molecule has 1 aromatic rings. The molecule has 1 fully saturated rings. The van der Waals surface area contributed by atoms with E-state index in [1.54, 1.807) is 7.11 Å². The Morgan fingerprint density at radius 2 is 2.10 bits per heavy atom. The SMILES string of the molecule is CNC(Cc1ncc(C)c(OC)c1C)C1SCCSC1C. The zero-order valence-corrected chi connectivity index (χ0v) is 15.2. The van der Waals surface area contributed by atoms with Crippen molar-refractivity contribution in [2.75, 3.05) is 25.7 Å². The van der Waals surface area contributed by atoms with Crippen LogP contribution in [0.4, 0.5) is 0 Å². The minimum atomic E-state index is 0.455. The Morgan fingerprint density at radius 1 is 1.38 bits per heavy atom. The summed E-state index contributed by atoms with van der Waals surface area (Å²) in [5.41, 5.74) is 3.44. The van der Waals surface area contributed by atoms with Crippen LogP contribution in [-0.4, -0.2) is 47.2 Å². The first-order valence-corrected chi connectivity index (χ1v) is 9.57. The fraction of sp³-hybridized carbons (Fsp3) is 0.688. The smallest absolute Gasteiger partial charge is 0.128 e. The number of nitrogens with zero attached hydrogens (tertiary/aromatic N) is 1. The maximum atomic E-state index is 5.53. The summed E-state index contributed by atoms with van der Waals surface area (Å²) in [6.45, 7) is 6.52. The summed E-state index contributed by atoms with van der Waals surface area (Å²) in [7, 11) is 3.81. The van der Waals surface area contributed by atoms with Gasteiger partial charge in [0, 0.05) is 57.5 Å². The number of likely N-dealkylation sites (N-methyl/N-ethyl adjacent to an activating group) is 1. The van der Waals surface area contributed by atoms with Crippen LogP contribution in [0.25, 0.3) is 0 Å². The van der Waals surface area contributed by atoms with E-state index in [1.165, 1.54) is 17.1 Å². The van der Waals surface area contributed by atoms with Crippen LogP contribution in [0.3, 0.4) is 0 Å². The highest BCUT2D eigenvalue weighted by atomic mass is 32.2. The van der Waals surface area contributed by atoms with Gasteiger partial charge in [0.25, 0.3) is 0 Å². The van der Waals surface area contributed by atoms with Crippen molar-refractivity contribution < 1.29 is 4.74 Å². The molecule has 1 saturated heterocycles. The van der Waals surface area contributed by atoms with E-state index in [-0.39, 0.29) is 0 Å². The quantitative estimate of drug-likeness (QED) is 0.899. The molecule has 1 aliphatic heterocycles. The van der Waals surface area contributed by atoms with E-state index in [9.17, 15) is 0 Å². The second kappa shape index (κ2) is 7.75. The topological polar surface area (TPSA) is 34.2 Å². The molecule has 0 bridgehead atoms. The van der Waals surface area contributed by atoms with Gasteiger partial charge in [-0.25, -0.2) is 0 Å². The van der Waals surface area contributed by atoms with Gasteiger partial charge in [0.1, 0.15) is 5.75 Å². The molecule has 0 amide bonds. The Labute approximate surface area is 137 Å². The zero-order chi connectivity index (χ0) is 15.4. The molecule has 118 valence electrons. The van der Waals surface area contributed by atoms with E-state index >= 15 is 0 Å². The number of aromatic nitrogens is 1. The normalized spacial score (nSPS) is 23.9. The molecule has 1 aromatic heterocycles. The Hall–Kier alpha value is -0.390. The van der Waals surface area contributed by atoms with Crippen LogP contribution in [-0.2, 0) is 6.42 Å². The highest BCUT2D eigenvalue weighted by molar-refractivity contribution is 8.07. The fourth-order valence-electron chi connectivity index (χ4n) is 2.96. The molecule has 0 saturated carbocycles. The zero-order valence-electron chi connectivity index (χ0n) is 13.6. The third-order valence-electron chi connectivity index (χ3n) is 4.17. The van der Waals surface area contributed by atoms with Crippen LogP contribution in [0.5, 0.6) is 5.75 Å². The monoisotopic (exact) mass is 326 g/mol. The molecule has 3 atom stereocenters. The van der Waals surface area contributed by atoms with Crippen LogP contribution in [0, 0.1) is 13.8 Å². The van der Waals surface area contributed by atoms with Gasteiger partial charge >= 0.3 is 0 Å². The predicted octanol–water partition coefficient (Wildman–Crippen LogP) is 3.07. The molecule has 3 nitrogen and oxygen atoms in total. The standard InChI is InChI=1S/C16H26N2OS2/c1-10-9-18-13(11(2)15(10)19-5)8-14(17-4)16-12(3)20-6-7-21-16/h9,12,14,16-17H,6-8H2,1-5H3. The van der Waals surface area contributed by atoms with Gasteiger partial charge in [-0.1, -0.05) is 6.92 Å². The third kappa shape index (κ3) is 3.88. The number of pyridine rings is 1. The van der Waals surface area contributed by atoms with E-state index in [1.807, 2.05) is 13.1 Å². The Bertz CT molecular complexity index is 482. The molecular weight excluding hydrogens is 300 g/mol. The van der Waals surface area contributed by atoms with Crippen molar-refractivity contribution in [1.82, 2.24) is 10.3 Å². The first-order valence-electron chi connectivity index (χ1n) is 7.48. The maximum absolute atomic E-state index is 5.53. The van der Waals surface area contributed by atoms with E-state index in [4.69, 9.17) is 4.74 Å².